The monoisotopic (exact) mass is 284 g/mol. The van der Waals surface area contributed by atoms with E-state index in [4.69, 9.17) is 5.73 Å². The van der Waals surface area contributed by atoms with Gasteiger partial charge in [0.05, 0.1) is 5.69 Å². The molecule has 2 aromatic rings. The summed E-state index contributed by atoms with van der Waals surface area (Å²) in [4.78, 5) is 12.8. The van der Waals surface area contributed by atoms with Gasteiger partial charge in [-0.15, -0.1) is 0 Å². The van der Waals surface area contributed by atoms with E-state index in [1.54, 1.807) is 0 Å². The van der Waals surface area contributed by atoms with Crippen molar-refractivity contribution in [1.29, 1.82) is 0 Å². The van der Waals surface area contributed by atoms with Crippen LogP contribution < -0.4 is 11.3 Å². The van der Waals surface area contributed by atoms with Crippen LogP contribution in [-0.2, 0) is 12.0 Å². The molecule has 2 N–H and O–H groups in total. The van der Waals surface area contributed by atoms with Gasteiger partial charge in [0.15, 0.2) is 0 Å². The molecule has 0 unspecified atom stereocenters. The molecule has 0 fully saturated rings. The van der Waals surface area contributed by atoms with E-state index in [1.807, 2.05) is 28.8 Å². The van der Waals surface area contributed by atoms with Crippen LogP contribution >= 0.6 is 0 Å². The molecular formula is C18H24N2O. The van der Waals surface area contributed by atoms with Gasteiger partial charge >= 0.3 is 0 Å². The zero-order valence-electron chi connectivity index (χ0n) is 13.5. The van der Waals surface area contributed by atoms with E-state index in [-0.39, 0.29) is 17.5 Å². The summed E-state index contributed by atoms with van der Waals surface area (Å²) in [5, 5.41) is 0. The van der Waals surface area contributed by atoms with Gasteiger partial charge in [0.1, 0.15) is 0 Å². The first-order valence-corrected chi connectivity index (χ1v) is 7.29. The number of aromatic nitrogens is 1. The highest BCUT2D eigenvalue weighted by molar-refractivity contribution is 5.47. The number of benzene rings is 1. The summed E-state index contributed by atoms with van der Waals surface area (Å²) in [6.07, 6.45) is 0. The van der Waals surface area contributed by atoms with Crippen molar-refractivity contribution in [3.8, 4) is 5.69 Å². The topological polar surface area (TPSA) is 48.0 Å². The smallest absolute Gasteiger partial charge is 0.259 e. The number of hydrogen-bond donors (Lipinski definition) is 1. The van der Waals surface area contributed by atoms with Crippen molar-refractivity contribution >= 4 is 0 Å². The fourth-order valence-corrected chi connectivity index (χ4v) is 2.54. The van der Waals surface area contributed by atoms with E-state index < -0.39 is 0 Å². The van der Waals surface area contributed by atoms with Gasteiger partial charge in [0.2, 0.25) is 0 Å². The SMILES string of the molecule is Cc1cccc(-n2c(C(C)(C)C)ccc(CN)c2=O)c1C. The van der Waals surface area contributed by atoms with Crippen molar-refractivity contribution in [3.05, 3.63) is 63.1 Å². The van der Waals surface area contributed by atoms with Crippen LogP contribution in [0.5, 0.6) is 0 Å². The minimum atomic E-state index is -0.123. The van der Waals surface area contributed by atoms with E-state index in [9.17, 15) is 4.79 Å². The Morgan fingerprint density at radius 3 is 2.33 bits per heavy atom. The number of nitrogens with zero attached hydrogens (tertiary/aromatic N) is 1. The van der Waals surface area contributed by atoms with Crippen LogP contribution in [0.25, 0.3) is 5.69 Å². The first kappa shape index (κ1) is 15.5. The fraction of sp³-hybridized carbons (Fsp3) is 0.389. The lowest BCUT2D eigenvalue weighted by Gasteiger charge is -2.26. The molecular weight excluding hydrogens is 260 g/mol. The van der Waals surface area contributed by atoms with E-state index in [1.165, 1.54) is 5.56 Å². The van der Waals surface area contributed by atoms with Crippen molar-refractivity contribution in [2.24, 2.45) is 5.73 Å². The van der Waals surface area contributed by atoms with Gasteiger partial charge in [-0.1, -0.05) is 39.0 Å². The Balaban J connectivity index is 2.89. The highest BCUT2D eigenvalue weighted by Gasteiger charge is 2.21. The van der Waals surface area contributed by atoms with Crippen LogP contribution in [0.3, 0.4) is 0 Å². The van der Waals surface area contributed by atoms with Gasteiger partial charge in [-0.05, 0) is 37.1 Å². The molecule has 0 aliphatic heterocycles. The minimum Gasteiger partial charge on any atom is -0.326 e. The largest absolute Gasteiger partial charge is 0.326 e. The van der Waals surface area contributed by atoms with Crippen molar-refractivity contribution in [2.45, 2.75) is 46.6 Å². The molecule has 0 aliphatic carbocycles. The summed E-state index contributed by atoms with van der Waals surface area (Å²) in [7, 11) is 0. The molecule has 1 aromatic heterocycles. The standard InChI is InChI=1S/C18H24N2O/c1-12-7-6-8-15(13(12)2)20-16(18(3,4)5)10-9-14(11-19)17(20)21/h6-10H,11,19H2,1-5H3. The lowest BCUT2D eigenvalue weighted by molar-refractivity contribution is 0.545. The predicted octanol–water partition coefficient (Wildman–Crippen LogP) is 3.21. The number of nitrogens with two attached hydrogens (primary N) is 1. The first-order valence-electron chi connectivity index (χ1n) is 7.29. The second-order valence-electron chi connectivity index (χ2n) is 6.56. The maximum absolute atomic E-state index is 12.8. The van der Waals surface area contributed by atoms with Crippen molar-refractivity contribution in [1.82, 2.24) is 4.57 Å². The first-order chi connectivity index (χ1) is 9.77. The van der Waals surface area contributed by atoms with Crippen molar-refractivity contribution in [3.63, 3.8) is 0 Å². The Bertz CT molecular complexity index is 721. The highest BCUT2D eigenvalue weighted by Crippen LogP contribution is 2.26. The van der Waals surface area contributed by atoms with Gasteiger partial charge in [-0.25, -0.2) is 0 Å². The number of aryl methyl sites for hydroxylation is 1. The zero-order valence-corrected chi connectivity index (χ0v) is 13.5. The molecule has 0 amide bonds. The molecule has 3 heteroatoms. The lowest BCUT2D eigenvalue weighted by atomic mass is 9.90. The molecule has 21 heavy (non-hydrogen) atoms. The van der Waals surface area contributed by atoms with Gasteiger partial charge in [-0.2, -0.15) is 0 Å². The predicted molar refractivity (Wildman–Crippen MR) is 88.1 cm³/mol. The fourth-order valence-electron chi connectivity index (χ4n) is 2.54. The summed E-state index contributed by atoms with van der Waals surface area (Å²) >= 11 is 0. The molecule has 0 saturated heterocycles. The molecule has 0 bridgehead atoms. The van der Waals surface area contributed by atoms with Gasteiger partial charge in [-0.3, -0.25) is 9.36 Å². The molecule has 1 aromatic carbocycles. The van der Waals surface area contributed by atoms with Gasteiger partial charge in [0, 0.05) is 23.2 Å². The average molecular weight is 284 g/mol. The lowest BCUT2D eigenvalue weighted by Crippen LogP contribution is -2.31. The molecule has 0 atom stereocenters. The average Bonchev–Trinajstić information content (AvgIpc) is 2.41. The van der Waals surface area contributed by atoms with E-state index in [0.29, 0.717) is 5.56 Å². The quantitative estimate of drug-likeness (QED) is 0.920. The Morgan fingerprint density at radius 2 is 1.76 bits per heavy atom. The number of hydrogen-bond acceptors (Lipinski definition) is 2. The summed E-state index contributed by atoms with van der Waals surface area (Å²) in [6, 6.07) is 9.92. The zero-order chi connectivity index (χ0) is 15.8. The van der Waals surface area contributed by atoms with Crippen LogP contribution in [0.1, 0.15) is 43.2 Å². The van der Waals surface area contributed by atoms with E-state index in [0.717, 1.165) is 16.9 Å². The van der Waals surface area contributed by atoms with Crippen molar-refractivity contribution in [2.75, 3.05) is 0 Å². The Hall–Kier alpha value is -1.87. The van der Waals surface area contributed by atoms with Crippen molar-refractivity contribution < 1.29 is 0 Å². The maximum atomic E-state index is 12.8. The summed E-state index contributed by atoms with van der Waals surface area (Å²) < 4.78 is 1.82. The van der Waals surface area contributed by atoms with Gasteiger partial charge in [0.25, 0.3) is 5.56 Å². The van der Waals surface area contributed by atoms with Crippen LogP contribution in [0.2, 0.25) is 0 Å². The van der Waals surface area contributed by atoms with Gasteiger partial charge < -0.3 is 5.73 Å². The normalized spacial score (nSPS) is 11.7. The second-order valence-corrected chi connectivity index (χ2v) is 6.56. The molecule has 0 saturated carbocycles. The van der Waals surface area contributed by atoms with Crippen LogP contribution in [0, 0.1) is 13.8 Å². The molecule has 0 aliphatic rings. The summed E-state index contributed by atoms with van der Waals surface area (Å²) in [6.45, 7) is 10.7. The number of rotatable bonds is 2. The third-order valence-electron chi connectivity index (χ3n) is 3.97. The third kappa shape index (κ3) is 2.79. The van der Waals surface area contributed by atoms with Crippen LogP contribution in [-0.4, -0.2) is 4.57 Å². The Labute approximate surface area is 126 Å². The summed E-state index contributed by atoms with van der Waals surface area (Å²) in [5.41, 5.74) is 10.5. The van der Waals surface area contributed by atoms with Crippen LogP contribution in [0.15, 0.2) is 35.1 Å². The maximum Gasteiger partial charge on any atom is 0.259 e. The molecule has 0 spiro atoms. The molecule has 3 nitrogen and oxygen atoms in total. The van der Waals surface area contributed by atoms with E-state index >= 15 is 0 Å². The Morgan fingerprint density at radius 1 is 1.10 bits per heavy atom. The second kappa shape index (κ2) is 5.49. The third-order valence-corrected chi connectivity index (χ3v) is 3.97. The summed E-state index contributed by atoms with van der Waals surface area (Å²) in [5.74, 6) is 0. The molecule has 1 heterocycles. The Kier molecular flexibility index (Phi) is 4.06. The van der Waals surface area contributed by atoms with Crippen LogP contribution in [0.4, 0.5) is 0 Å². The molecule has 0 radical (unpaired) electrons. The highest BCUT2D eigenvalue weighted by atomic mass is 16.1. The minimum absolute atomic E-state index is 0.0152. The van der Waals surface area contributed by atoms with E-state index in [2.05, 4.69) is 40.7 Å². The number of pyridine rings is 1. The molecule has 2 rings (SSSR count). The molecule has 112 valence electrons.